The van der Waals surface area contributed by atoms with Crippen LogP contribution in [-0.2, 0) is 0 Å². The zero-order chi connectivity index (χ0) is 12.8. The second-order valence-corrected chi connectivity index (χ2v) is 4.84. The van der Waals surface area contributed by atoms with Crippen molar-refractivity contribution in [2.75, 3.05) is 44.4 Å². The quantitative estimate of drug-likeness (QED) is 0.768. The molecule has 0 heterocycles. The molecule has 0 atom stereocenters. The van der Waals surface area contributed by atoms with Gasteiger partial charge in [0.2, 0.25) is 0 Å². The van der Waals surface area contributed by atoms with E-state index in [1.807, 2.05) is 6.07 Å². The lowest BCUT2D eigenvalue weighted by Crippen LogP contribution is -2.32. The van der Waals surface area contributed by atoms with Gasteiger partial charge in [-0.3, -0.25) is 0 Å². The van der Waals surface area contributed by atoms with Gasteiger partial charge in [0, 0.05) is 31.0 Å². The Balaban J connectivity index is 2.84. The van der Waals surface area contributed by atoms with Crippen LogP contribution in [0, 0.1) is 6.92 Å². The van der Waals surface area contributed by atoms with Crippen LogP contribution in [0.5, 0.6) is 0 Å². The van der Waals surface area contributed by atoms with E-state index in [0.29, 0.717) is 0 Å². The van der Waals surface area contributed by atoms with Gasteiger partial charge in [-0.25, -0.2) is 0 Å². The van der Waals surface area contributed by atoms with Crippen molar-refractivity contribution in [3.63, 3.8) is 0 Å². The van der Waals surface area contributed by atoms with E-state index in [1.165, 1.54) is 11.3 Å². The van der Waals surface area contributed by atoms with E-state index in [9.17, 15) is 0 Å². The zero-order valence-corrected chi connectivity index (χ0v) is 11.5. The number of anilines is 2. The number of benzene rings is 1. The van der Waals surface area contributed by atoms with Gasteiger partial charge in [-0.1, -0.05) is 13.0 Å². The third kappa shape index (κ3) is 4.27. The summed E-state index contributed by atoms with van der Waals surface area (Å²) in [5, 5.41) is 0. The van der Waals surface area contributed by atoms with Gasteiger partial charge in [0.15, 0.2) is 0 Å². The van der Waals surface area contributed by atoms with E-state index in [1.54, 1.807) is 0 Å². The van der Waals surface area contributed by atoms with Crippen LogP contribution in [-0.4, -0.2) is 38.6 Å². The summed E-state index contributed by atoms with van der Waals surface area (Å²) in [6.45, 7) is 7.55. The van der Waals surface area contributed by atoms with Crippen molar-refractivity contribution in [1.29, 1.82) is 0 Å². The molecule has 0 saturated carbocycles. The Hall–Kier alpha value is -1.22. The van der Waals surface area contributed by atoms with Gasteiger partial charge >= 0.3 is 0 Å². The number of aryl methyl sites for hydroxylation is 1. The molecule has 1 aromatic carbocycles. The normalized spacial score (nSPS) is 10.9. The third-order valence-electron chi connectivity index (χ3n) is 2.88. The minimum atomic E-state index is 0.844. The number of hydrogen-bond acceptors (Lipinski definition) is 3. The standard InChI is InChI=1S/C14H25N3/c1-5-8-17(10-9-16(3)4)14-11-13(15)7-6-12(14)2/h6-7,11H,5,8-10,15H2,1-4H3. The largest absolute Gasteiger partial charge is 0.399 e. The van der Waals surface area contributed by atoms with Crippen molar-refractivity contribution in [1.82, 2.24) is 4.90 Å². The molecule has 0 bridgehead atoms. The van der Waals surface area contributed by atoms with Gasteiger partial charge in [-0.2, -0.15) is 0 Å². The average Bonchev–Trinajstić information content (AvgIpc) is 2.27. The van der Waals surface area contributed by atoms with Gasteiger partial charge in [-0.05, 0) is 45.1 Å². The van der Waals surface area contributed by atoms with Crippen molar-refractivity contribution in [2.45, 2.75) is 20.3 Å². The lowest BCUT2D eigenvalue weighted by Gasteiger charge is -2.27. The monoisotopic (exact) mass is 235 g/mol. The molecule has 2 N–H and O–H groups in total. The van der Waals surface area contributed by atoms with Crippen molar-refractivity contribution >= 4 is 11.4 Å². The van der Waals surface area contributed by atoms with E-state index < -0.39 is 0 Å². The van der Waals surface area contributed by atoms with Crippen LogP contribution in [0.4, 0.5) is 11.4 Å². The van der Waals surface area contributed by atoms with Gasteiger partial charge < -0.3 is 15.5 Å². The molecule has 0 fully saturated rings. The molecular formula is C14H25N3. The highest BCUT2D eigenvalue weighted by molar-refractivity contribution is 5.60. The molecule has 0 spiro atoms. The summed E-state index contributed by atoms with van der Waals surface area (Å²) in [6.07, 6.45) is 1.15. The van der Waals surface area contributed by atoms with Gasteiger partial charge in [-0.15, -0.1) is 0 Å². The fourth-order valence-electron chi connectivity index (χ4n) is 1.91. The summed E-state index contributed by atoms with van der Waals surface area (Å²) in [5.74, 6) is 0. The van der Waals surface area contributed by atoms with Crippen LogP contribution < -0.4 is 10.6 Å². The Kier molecular flexibility index (Phi) is 5.29. The van der Waals surface area contributed by atoms with Crippen LogP contribution in [0.3, 0.4) is 0 Å². The summed E-state index contributed by atoms with van der Waals surface area (Å²) in [5.41, 5.74) is 9.29. The first kappa shape index (κ1) is 13.8. The lowest BCUT2D eigenvalue weighted by molar-refractivity contribution is 0.413. The van der Waals surface area contributed by atoms with Crippen molar-refractivity contribution in [2.24, 2.45) is 0 Å². The van der Waals surface area contributed by atoms with Crippen LogP contribution in [0.2, 0.25) is 0 Å². The Morgan fingerprint density at radius 1 is 1.12 bits per heavy atom. The molecule has 1 rings (SSSR count). The molecule has 0 aromatic heterocycles. The SMILES string of the molecule is CCCN(CCN(C)C)c1cc(N)ccc1C. The molecular weight excluding hydrogens is 210 g/mol. The van der Waals surface area contributed by atoms with Gasteiger partial charge in [0.25, 0.3) is 0 Å². The Morgan fingerprint density at radius 3 is 2.41 bits per heavy atom. The first-order valence-electron chi connectivity index (χ1n) is 6.30. The van der Waals surface area contributed by atoms with Crippen molar-refractivity contribution in [3.05, 3.63) is 23.8 Å². The number of hydrogen-bond donors (Lipinski definition) is 1. The molecule has 17 heavy (non-hydrogen) atoms. The van der Waals surface area contributed by atoms with E-state index >= 15 is 0 Å². The molecule has 0 unspecified atom stereocenters. The summed E-state index contributed by atoms with van der Waals surface area (Å²) < 4.78 is 0. The molecule has 0 amide bonds. The predicted octanol–water partition coefficient (Wildman–Crippen LogP) is 2.36. The van der Waals surface area contributed by atoms with Crippen molar-refractivity contribution < 1.29 is 0 Å². The number of rotatable bonds is 6. The van der Waals surface area contributed by atoms with Gasteiger partial charge in [0.1, 0.15) is 0 Å². The summed E-state index contributed by atoms with van der Waals surface area (Å²) in [7, 11) is 4.21. The van der Waals surface area contributed by atoms with Gasteiger partial charge in [0.05, 0.1) is 0 Å². The molecule has 3 heteroatoms. The van der Waals surface area contributed by atoms with E-state index in [0.717, 1.165) is 31.7 Å². The highest BCUT2D eigenvalue weighted by atomic mass is 15.2. The first-order chi connectivity index (χ1) is 8.04. The van der Waals surface area contributed by atoms with Crippen molar-refractivity contribution in [3.8, 4) is 0 Å². The maximum Gasteiger partial charge on any atom is 0.0417 e. The maximum absolute atomic E-state index is 5.88. The topological polar surface area (TPSA) is 32.5 Å². The molecule has 0 aliphatic carbocycles. The fraction of sp³-hybridized carbons (Fsp3) is 0.571. The Labute approximate surface area is 105 Å². The number of nitrogen functional groups attached to an aromatic ring is 1. The van der Waals surface area contributed by atoms with Crippen LogP contribution in [0.15, 0.2) is 18.2 Å². The maximum atomic E-state index is 5.88. The first-order valence-corrected chi connectivity index (χ1v) is 6.30. The third-order valence-corrected chi connectivity index (χ3v) is 2.88. The molecule has 0 saturated heterocycles. The molecule has 0 radical (unpaired) electrons. The smallest absolute Gasteiger partial charge is 0.0417 e. The molecule has 0 aliphatic heterocycles. The van der Waals surface area contributed by atoms with Crippen LogP contribution in [0.25, 0.3) is 0 Å². The van der Waals surface area contributed by atoms with Crippen LogP contribution >= 0.6 is 0 Å². The summed E-state index contributed by atoms with van der Waals surface area (Å²) >= 11 is 0. The zero-order valence-electron chi connectivity index (χ0n) is 11.5. The Bertz CT molecular complexity index is 347. The molecule has 3 nitrogen and oxygen atoms in total. The predicted molar refractivity (Wildman–Crippen MR) is 76.6 cm³/mol. The number of nitrogens with two attached hydrogens (primary N) is 1. The number of nitrogens with zero attached hydrogens (tertiary/aromatic N) is 2. The lowest BCUT2D eigenvalue weighted by atomic mass is 10.1. The summed E-state index contributed by atoms with van der Waals surface area (Å²) in [6, 6.07) is 6.15. The minimum absolute atomic E-state index is 0.844. The van der Waals surface area contributed by atoms with E-state index in [2.05, 4.69) is 49.9 Å². The minimum Gasteiger partial charge on any atom is -0.399 e. The van der Waals surface area contributed by atoms with E-state index in [-0.39, 0.29) is 0 Å². The second kappa shape index (κ2) is 6.50. The Morgan fingerprint density at radius 2 is 1.82 bits per heavy atom. The number of likely N-dealkylation sites (N-methyl/N-ethyl adjacent to an activating group) is 1. The fourth-order valence-corrected chi connectivity index (χ4v) is 1.91. The van der Waals surface area contributed by atoms with E-state index in [4.69, 9.17) is 5.73 Å². The summed E-state index contributed by atoms with van der Waals surface area (Å²) in [4.78, 5) is 4.63. The molecule has 0 aliphatic rings. The molecule has 1 aromatic rings. The highest BCUT2D eigenvalue weighted by Crippen LogP contribution is 2.22. The van der Waals surface area contributed by atoms with Crippen LogP contribution in [0.1, 0.15) is 18.9 Å². The average molecular weight is 235 g/mol. The highest BCUT2D eigenvalue weighted by Gasteiger charge is 2.09. The second-order valence-electron chi connectivity index (χ2n) is 4.84. The molecule has 96 valence electrons.